The number of nitrogens with two attached hydrogens (primary N) is 1. The number of phosphoric ester groups is 2. The van der Waals surface area contributed by atoms with E-state index in [1.165, 1.54) is 0 Å². The number of imidazole rings is 1. The maximum atomic E-state index is 14.9. The highest BCUT2D eigenvalue weighted by molar-refractivity contribution is 7.61. The summed E-state index contributed by atoms with van der Waals surface area (Å²) in [6.45, 7) is -2.04. The molecule has 2 saturated heterocycles. The van der Waals surface area contributed by atoms with Crippen molar-refractivity contribution in [2.75, 3.05) is 18.9 Å². The normalized spacial score (nSPS) is 36.8. The van der Waals surface area contributed by atoms with Crippen molar-refractivity contribution < 1.29 is 76.8 Å². The van der Waals surface area contributed by atoms with Crippen LogP contribution in [-0.4, -0.2) is 128 Å². The lowest BCUT2D eigenvalue weighted by Gasteiger charge is -2.41. The summed E-state index contributed by atoms with van der Waals surface area (Å²) in [5.74, 6) is -0.0106. The second-order valence-electron chi connectivity index (χ2n) is 8.69. The number of aliphatic hydroxyl groups is 6. The van der Waals surface area contributed by atoms with Gasteiger partial charge in [0.2, 0.25) is 0 Å². The van der Waals surface area contributed by atoms with Crippen LogP contribution in [0.5, 0.6) is 0 Å². The molecule has 2 aromatic rings. The largest absolute Gasteiger partial charge is 0.483 e. The van der Waals surface area contributed by atoms with Crippen LogP contribution in [0.25, 0.3) is 11.2 Å². The molecule has 0 radical (unpaired) electrons. The Labute approximate surface area is 222 Å². The van der Waals surface area contributed by atoms with Crippen LogP contribution in [0.15, 0.2) is 12.7 Å². The summed E-state index contributed by atoms with van der Waals surface area (Å²) in [5, 5.41) is 58.7. The minimum absolute atomic E-state index is 0.0106. The zero-order chi connectivity index (χ0) is 29.6. The summed E-state index contributed by atoms with van der Waals surface area (Å²) in [7, 11) is -11.2. The SMILES string of the molecule is Nc1ncnc2c1ncn2[C@@H]1O[C@H](COP(=O)(O)OP(=O)(O)O[C@@H]2OC([C@H](O)CO)[C@@H](O)[C@H](O)C2O)C(O)[C@@H]1F. The van der Waals surface area contributed by atoms with Gasteiger partial charge < -0.3 is 55.6 Å². The number of aromatic nitrogens is 4. The van der Waals surface area contributed by atoms with Crippen LogP contribution in [-0.2, 0) is 32.0 Å². The third kappa shape index (κ3) is 6.33. The molecule has 2 aliphatic heterocycles. The first-order chi connectivity index (χ1) is 18.7. The second-order valence-corrected chi connectivity index (χ2v) is 11.7. The molecule has 12 atom stereocenters. The lowest BCUT2D eigenvalue weighted by molar-refractivity contribution is -0.292. The Kier molecular flexibility index (Phi) is 9.22. The Morgan fingerprint density at radius 1 is 1.05 bits per heavy atom. The molecule has 40 heavy (non-hydrogen) atoms. The molecule has 0 amide bonds. The van der Waals surface area contributed by atoms with Gasteiger partial charge in [-0.25, -0.2) is 28.5 Å². The average molecular weight is 621 g/mol. The van der Waals surface area contributed by atoms with Crippen molar-refractivity contribution in [3.05, 3.63) is 12.7 Å². The van der Waals surface area contributed by atoms with E-state index in [1.807, 2.05) is 0 Å². The smallest absolute Gasteiger partial charge is 0.394 e. The summed E-state index contributed by atoms with van der Waals surface area (Å²) in [4.78, 5) is 31.4. The molecular weight excluding hydrogens is 595 g/mol. The van der Waals surface area contributed by atoms with E-state index in [0.717, 1.165) is 17.2 Å². The minimum Gasteiger partial charge on any atom is -0.394 e. The first kappa shape index (κ1) is 31.2. The van der Waals surface area contributed by atoms with E-state index in [4.69, 9.17) is 20.3 Å². The van der Waals surface area contributed by atoms with E-state index < -0.39 is 90.3 Å². The third-order valence-electron chi connectivity index (χ3n) is 5.97. The predicted octanol–water partition coefficient (Wildman–Crippen LogP) is -3.58. The Morgan fingerprint density at radius 3 is 2.42 bits per heavy atom. The monoisotopic (exact) mass is 621 g/mol. The average Bonchev–Trinajstić information content (AvgIpc) is 3.43. The quantitative estimate of drug-likeness (QED) is 0.116. The molecule has 23 heteroatoms. The third-order valence-corrected chi connectivity index (χ3v) is 8.57. The Morgan fingerprint density at radius 2 is 1.75 bits per heavy atom. The van der Waals surface area contributed by atoms with Gasteiger partial charge in [-0.05, 0) is 0 Å². The van der Waals surface area contributed by atoms with Gasteiger partial charge in [0.15, 0.2) is 30.2 Å². The molecule has 2 fully saturated rings. The Balaban J connectivity index is 1.38. The molecule has 0 bridgehead atoms. The number of aliphatic hydroxyl groups excluding tert-OH is 6. The molecular formula is C17H26FN5O15P2. The van der Waals surface area contributed by atoms with Crippen molar-refractivity contribution in [1.29, 1.82) is 0 Å². The molecule has 20 nitrogen and oxygen atoms in total. The molecule has 4 rings (SSSR count). The maximum absolute atomic E-state index is 14.9. The first-order valence-corrected chi connectivity index (χ1v) is 14.2. The Hall–Kier alpha value is -1.78. The van der Waals surface area contributed by atoms with E-state index in [2.05, 4.69) is 28.3 Å². The summed E-state index contributed by atoms with van der Waals surface area (Å²) in [5.41, 5.74) is 5.86. The topological polar surface area (TPSA) is 312 Å². The van der Waals surface area contributed by atoms with Gasteiger partial charge in [-0.2, -0.15) is 4.31 Å². The molecule has 2 aliphatic rings. The predicted molar refractivity (Wildman–Crippen MR) is 122 cm³/mol. The van der Waals surface area contributed by atoms with Crippen LogP contribution >= 0.6 is 15.6 Å². The number of halogens is 1. The molecule has 0 aliphatic carbocycles. The van der Waals surface area contributed by atoms with Gasteiger partial charge in [0, 0.05) is 0 Å². The highest BCUT2D eigenvalue weighted by Crippen LogP contribution is 2.61. The fraction of sp³-hybridized carbons (Fsp3) is 0.706. The molecule has 226 valence electrons. The van der Waals surface area contributed by atoms with Crippen LogP contribution in [0.4, 0.5) is 10.2 Å². The molecule has 10 N–H and O–H groups in total. The van der Waals surface area contributed by atoms with Crippen LogP contribution in [0, 0.1) is 0 Å². The minimum atomic E-state index is -5.68. The van der Waals surface area contributed by atoms with Gasteiger partial charge in [-0.1, -0.05) is 0 Å². The van der Waals surface area contributed by atoms with E-state index in [9.17, 15) is 48.8 Å². The van der Waals surface area contributed by atoms with Gasteiger partial charge >= 0.3 is 15.6 Å². The molecule has 0 saturated carbocycles. The highest BCUT2D eigenvalue weighted by Gasteiger charge is 2.51. The van der Waals surface area contributed by atoms with Crippen molar-refractivity contribution in [1.82, 2.24) is 19.5 Å². The standard InChI is InChI=1S/C17H26FN5O15P2/c18-7-9(26)6(35-16(7)23-4-22-8-14(19)20-3-21-15(8)23)2-34-39(30,31)38-40(32,33)37-17-12(29)10(27)11(28)13(36-17)5(25)1-24/h3-7,9-13,16-17,24-29H,1-2H2,(H,30,31)(H,32,33)(H2,19,20,21)/t5-,6-,7+,9?,10+,11+,12?,13?,16-,17+/m1/s1. The fourth-order valence-corrected chi connectivity index (χ4v) is 6.13. The number of nitrogen functional groups attached to an aromatic ring is 1. The van der Waals surface area contributed by atoms with Gasteiger partial charge in [-0.15, -0.1) is 0 Å². The fourth-order valence-electron chi connectivity index (χ4n) is 3.98. The zero-order valence-electron chi connectivity index (χ0n) is 19.9. The van der Waals surface area contributed by atoms with Crippen LogP contribution < -0.4 is 5.73 Å². The van der Waals surface area contributed by atoms with Crippen LogP contribution in [0.1, 0.15) is 6.23 Å². The van der Waals surface area contributed by atoms with Gasteiger partial charge in [0.25, 0.3) is 0 Å². The number of phosphoric acid groups is 2. The number of fused-ring (bicyclic) bond motifs is 1. The Bertz CT molecular complexity index is 1290. The number of rotatable bonds is 10. The number of hydrogen-bond donors (Lipinski definition) is 9. The van der Waals surface area contributed by atoms with E-state index >= 15 is 0 Å². The van der Waals surface area contributed by atoms with Crippen molar-refractivity contribution in [2.24, 2.45) is 0 Å². The van der Waals surface area contributed by atoms with Crippen LogP contribution in [0.3, 0.4) is 0 Å². The van der Waals surface area contributed by atoms with Gasteiger partial charge in [0.1, 0.15) is 54.6 Å². The molecule has 0 aromatic carbocycles. The number of nitrogens with zero attached hydrogens (tertiary/aromatic N) is 4. The van der Waals surface area contributed by atoms with Crippen molar-refractivity contribution >= 4 is 32.6 Å². The van der Waals surface area contributed by atoms with Crippen LogP contribution in [0.2, 0.25) is 0 Å². The zero-order valence-corrected chi connectivity index (χ0v) is 21.7. The lowest BCUT2D eigenvalue weighted by atomic mass is 9.96. The number of alkyl halides is 1. The summed E-state index contributed by atoms with van der Waals surface area (Å²) >= 11 is 0. The van der Waals surface area contributed by atoms with Crippen molar-refractivity contribution in [2.45, 2.75) is 61.4 Å². The molecule has 4 heterocycles. The highest BCUT2D eigenvalue weighted by atomic mass is 31.3. The maximum Gasteiger partial charge on any atom is 0.483 e. The second kappa shape index (κ2) is 11.8. The van der Waals surface area contributed by atoms with Crippen molar-refractivity contribution in [3.63, 3.8) is 0 Å². The van der Waals surface area contributed by atoms with E-state index in [1.54, 1.807) is 0 Å². The summed E-state index contributed by atoms with van der Waals surface area (Å²) in [6, 6.07) is 0. The first-order valence-electron chi connectivity index (χ1n) is 11.2. The molecule has 5 unspecified atom stereocenters. The van der Waals surface area contributed by atoms with E-state index in [-0.39, 0.29) is 17.0 Å². The lowest BCUT2D eigenvalue weighted by Crippen LogP contribution is -2.61. The number of ether oxygens (including phenoxy) is 2. The van der Waals surface area contributed by atoms with E-state index in [0.29, 0.717) is 0 Å². The number of anilines is 1. The van der Waals surface area contributed by atoms with Gasteiger partial charge in [-0.3, -0.25) is 13.6 Å². The molecule has 2 aromatic heterocycles. The molecule has 0 spiro atoms. The number of hydrogen-bond acceptors (Lipinski definition) is 17. The van der Waals surface area contributed by atoms with Crippen molar-refractivity contribution in [3.8, 4) is 0 Å². The van der Waals surface area contributed by atoms with Gasteiger partial charge in [0.05, 0.1) is 19.5 Å². The summed E-state index contributed by atoms with van der Waals surface area (Å²) in [6.07, 6.45) is -17.3. The summed E-state index contributed by atoms with van der Waals surface area (Å²) < 4.78 is 64.0.